The van der Waals surface area contributed by atoms with Crippen molar-refractivity contribution in [1.82, 2.24) is 4.90 Å². The first-order chi connectivity index (χ1) is 10.6. The maximum Gasteiger partial charge on any atom is 0.227 e. The third kappa shape index (κ3) is 4.04. The van der Waals surface area contributed by atoms with Gasteiger partial charge in [-0.3, -0.25) is 4.79 Å². The molecule has 1 aliphatic heterocycles. The highest BCUT2D eigenvalue weighted by Crippen LogP contribution is 2.22. The Bertz CT molecular complexity index is 658. The Hall–Kier alpha value is -1.58. The van der Waals surface area contributed by atoms with E-state index in [4.69, 9.17) is 5.73 Å². The van der Waals surface area contributed by atoms with Crippen molar-refractivity contribution in [3.8, 4) is 0 Å². The van der Waals surface area contributed by atoms with Gasteiger partial charge in [0.1, 0.15) is 0 Å². The van der Waals surface area contributed by atoms with Crippen LogP contribution < -0.4 is 5.73 Å². The van der Waals surface area contributed by atoms with Crippen molar-refractivity contribution < 1.29 is 4.79 Å². The van der Waals surface area contributed by atoms with Gasteiger partial charge in [-0.2, -0.15) is 0 Å². The van der Waals surface area contributed by atoms with Crippen LogP contribution in [-0.2, 0) is 11.2 Å². The minimum Gasteiger partial charge on any atom is -0.342 e. The maximum absolute atomic E-state index is 12.6. The van der Waals surface area contributed by atoms with Crippen molar-refractivity contribution >= 4 is 29.1 Å². The summed E-state index contributed by atoms with van der Waals surface area (Å²) in [5.41, 5.74) is 7.09. The number of rotatable bonds is 3. The normalized spacial score (nSPS) is 16.9. The van der Waals surface area contributed by atoms with E-state index < -0.39 is 0 Å². The Morgan fingerprint density at radius 2 is 1.83 bits per heavy atom. The van der Waals surface area contributed by atoms with Crippen molar-refractivity contribution in [2.45, 2.75) is 32.2 Å². The smallest absolute Gasteiger partial charge is 0.227 e. The second-order valence-corrected chi connectivity index (χ2v) is 6.39. The molecule has 0 saturated carbocycles. The molecule has 0 aliphatic carbocycles. The number of halogens is 1. The van der Waals surface area contributed by atoms with Gasteiger partial charge < -0.3 is 10.6 Å². The van der Waals surface area contributed by atoms with E-state index in [-0.39, 0.29) is 24.4 Å². The van der Waals surface area contributed by atoms with Crippen molar-refractivity contribution in [1.29, 1.82) is 0 Å². The van der Waals surface area contributed by atoms with Gasteiger partial charge in [-0.25, -0.2) is 0 Å². The SMILES string of the molecule is CC(N)C1CCN(C(=O)Cc2cccc3ccccc23)CC1.Cl. The summed E-state index contributed by atoms with van der Waals surface area (Å²) in [5.74, 6) is 0.793. The molecule has 3 rings (SSSR count). The molecule has 1 saturated heterocycles. The Balaban J connectivity index is 0.00000192. The molecule has 0 bridgehead atoms. The standard InChI is InChI=1S/C19H24N2O.ClH/c1-14(20)15-9-11-21(12-10-15)19(22)13-17-7-4-6-16-5-2-3-8-18(16)17;/h2-8,14-15H,9-13,20H2,1H3;1H. The Labute approximate surface area is 144 Å². The van der Waals surface area contributed by atoms with Crippen molar-refractivity contribution in [3.63, 3.8) is 0 Å². The molecule has 1 heterocycles. The van der Waals surface area contributed by atoms with Gasteiger partial charge in [0.25, 0.3) is 0 Å². The fraction of sp³-hybridized carbons (Fsp3) is 0.421. The molecule has 2 aromatic carbocycles. The first-order valence-electron chi connectivity index (χ1n) is 8.15. The van der Waals surface area contributed by atoms with Crippen LogP contribution >= 0.6 is 12.4 Å². The molecule has 4 heteroatoms. The van der Waals surface area contributed by atoms with E-state index in [2.05, 4.69) is 31.2 Å². The number of hydrogen-bond acceptors (Lipinski definition) is 2. The highest BCUT2D eigenvalue weighted by Gasteiger charge is 2.24. The minimum atomic E-state index is 0. The molecule has 2 aromatic rings. The topological polar surface area (TPSA) is 46.3 Å². The lowest BCUT2D eigenvalue weighted by atomic mass is 9.90. The lowest BCUT2D eigenvalue weighted by Crippen LogP contribution is -2.43. The summed E-state index contributed by atoms with van der Waals surface area (Å²) in [6.45, 7) is 3.75. The van der Waals surface area contributed by atoms with Crippen LogP contribution in [0.5, 0.6) is 0 Å². The monoisotopic (exact) mass is 332 g/mol. The summed E-state index contributed by atoms with van der Waals surface area (Å²) < 4.78 is 0. The van der Waals surface area contributed by atoms with E-state index in [9.17, 15) is 4.79 Å². The van der Waals surface area contributed by atoms with Crippen LogP contribution in [0, 0.1) is 5.92 Å². The van der Waals surface area contributed by atoms with Gasteiger partial charge in [0.05, 0.1) is 6.42 Å². The van der Waals surface area contributed by atoms with Gasteiger partial charge in [-0.05, 0) is 42.0 Å². The quantitative estimate of drug-likeness (QED) is 0.936. The molecule has 124 valence electrons. The number of fused-ring (bicyclic) bond motifs is 1. The first-order valence-corrected chi connectivity index (χ1v) is 8.15. The van der Waals surface area contributed by atoms with Gasteiger partial charge in [0, 0.05) is 19.1 Å². The molecule has 23 heavy (non-hydrogen) atoms. The van der Waals surface area contributed by atoms with E-state index in [1.54, 1.807) is 0 Å². The fourth-order valence-corrected chi connectivity index (χ4v) is 3.40. The summed E-state index contributed by atoms with van der Waals surface area (Å²) in [6.07, 6.45) is 2.54. The van der Waals surface area contributed by atoms with E-state index in [0.717, 1.165) is 31.5 Å². The number of carbonyl (C=O) groups excluding carboxylic acids is 1. The van der Waals surface area contributed by atoms with Crippen molar-refractivity contribution in [3.05, 3.63) is 48.0 Å². The summed E-state index contributed by atoms with van der Waals surface area (Å²) in [4.78, 5) is 14.6. The first kappa shape index (κ1) is 17.8. The Morgan fingerprint density at radius 1 is 1.17 bits per heavy atom. The zero-order valence-electron chi connectivity index (χ0n) is 13.6. The molecule has 3 nitrogen and oxygen atoms in total. The third-order valence-corrected chi connectivity index (χ3v) is 4.86. The van der Waals surface area contributed by atoms with Crippen LogP contribution in [0.4, 0.5) is 0 Å². The summed E-state index contributed by atoms with van der Waals surface area (Å²) in [5, 5.41) is 2.38. The molecule has 0 aromatic heterocycles. The number of nitrogens with two attached hydrogens (primary N) is 1. The van der Waals surface area contributed by atoms with Crippen LogP contribution in [0.2, 0.25) is 0 Å². The van der Waals surface area contributed by atoms with Gasteiger partial charge in [0.2, 0.25) is 5.91 Å². The van der Waals surface area contributed by atoms with Crippen LogP contribution in [0.25, 0.3) is 10.8 Å². The van der Waals surface area contributed by atoms with Gasteiger partial charge in [-0.15, -0.1) is 12.4 Å². The predicted molar refractivity (Wildman–Crippen MR) is 97.9 cm³/mol. The highest BCUT2D eigenvalue weighted by molar-refractivity contribution is 5.90. The van der Waals surface area contributed by atoms with Crippen LogP contribution in [0.3, 0.4) is 0 Å². The van der Waals surface area contributed by atoms with Crippen molar-refractivity contribution in [2.24, 2.45) is 11.7 Å². The van der Waals surface area contributed by atoms with E-state index in [0.29, 0.717) is 12.3 Å². The van der Waals surface area contributed by atoms with Crippen LogP contribution in [0.15, 0.2) is 42.5 Å². The zero-order valence-corrected chi connectivity index (χ0v) is 14.4. The van der Waals surface area contributed by atoms with Gasteiger partial charge >= 0.3 is 0 Å². The average Bonchev–Trinajstić information content (AvgIpc) is 2.55. The van der Waals surface area contributed by atoms with Crippen molar-refractivity contribution in [2.75, 3.05) is 13.1 Å². The molecule has 0 radical (unpaired) electrons. The predicted octanol–water partition coefficient (Wildman–Crippen LogP) is 3.39. The third-order valence-electron chi connectivity index (χ3n) is 4.86. The second-order valence-electron chi connectivity index (χ2n) is 6.39. The molecule has 2 N–H and O–H groups in total. The van der Waals surface area contributed by atoms with Gasteiger partial charge in [0.15, 0.2) is 0 Å². The van der Waals surface area contributed by atoms with Crippen LogP contribution in [-0.4, -0.2) is 29.9 Å². The van der Waals surface area contributed by atoms with Crippen LogP contribution in [0.1, 0.15) is 25.3 Å². The Kier molecular flexibility index (Phi) is 6.03. The molecular weight excluding hydrogens is 308 g/mol. The zero-order chi connectivity index (χ0) is 15.5. The average molecular weight is 333 g/mol. The molecule has 1 aliphatic rings. The number of likely N-dealkylation sites (tertiary alicyclic amines) is 1. The largest absolute Gasteiger partial charge is 0.342 e. The second kappa shape index (κ2) is 7.80. The van der Waals surface area contributed by atoms with E-state index in [1.807, 2.05) is 23.1 Å². The highest BCUT2D eigenvalue weighted by atomic mass is 35.5. The number of benzene rings is 2. The van der Waals surface area contributed by atoms with E-state index in [1.165, 1.54) is 10.8 Å². The number of piperidine rings is 1. The molecule has 1 fully saturated rings. The van der Waals surface area contributed by atoms with E-state index >= 15 is 0 Å². The number of hydrogen-bond donors (Lipinski definition) is 1. The maximum atomic E-state index is 12.6. The number of amides is 1. The summed E-state index contributed by atoms with van der Waals surface area (Å²) >= 11 is 0. The molecule has 1 atom stereocenters. The summed E-state index contributed by atoms with van der Waals surface area (Å²) in [7, 11) is 0. The minimum absolute atomic E-state index is 0. The lowest BCUT2D eigenvalue weighted by Gasteiger charge is -2.33. The van der Waals surface area contributed by atoms with Gasteiger partial charge in [-0.1, -0.05) is 42.5 Å². The molecule has 0 spiro atoms. The fourth-order valence-electron chi connectivity index (χ4n) is 3.40. The number of carbonyl (C=O) groups is 1. The summed E-state index contributed by atoms with van der Waals surface area (Å²) in [6, 6.07) is 14.7. The molecular formula is C19H25ClN2O. The number of nitrogens with zero attached hydrogens (tertiary/aromatic N) is 1. The molecule has 1 amide bonds. The molecule has 1 unspecified atom stereocenters. The Morgan fingerprint density at radius 3 is 2.52 bits per heavy atom. The lowest BCUT2D eigenvalue weighted by molar-refractivity contribution is -0.131.